The predicted octanol–water partition coefficient (Wildman–Crippen LogP) is 3.59. The van der Waals surface area contributed by atoms with E-state index in [1.54, 1.807) is 31.5 Å². The second kappa shape index (κ2) is 5.69. The Kier molecular flexibility index (Phi) is 4.22. The number of benzene rings is 1. The van der Waals surface area contributed by atoms with Crippen LogP contribution in [0.1, 0.15) is 17.2 Å². The molecule has 1 aromatic carbocycles. The Morgan fingerprint density at radius 1 is 1.33 bits per heavy atom. The SMILES string of the molecule is COc1ccc(C(O)c2c(Cl)cccc2Br)cn1. The van der Waals surface area contributed by atoms with E-state index in [0.29, 0.717) is 22.0 Å². The van der Waals surface area contributed by atoms with Crippen LogP contribution in [0.15, 0.2) is 41.0 Å². The maximum Gasteiger partial charge on any atom is 0.212 e. The summed E-state index contributed by atoms with van der Waals surface area (Å²) < 4.78 is 5.74. The fraction of sp³-hybridized carbons (Fsp3) is 0.154. The van der Waals surface area contributed by atoms with Gasteiger partial charge in [-0.1, -0.05) is 33.6 Å². The van der Waals surface area contributed by atoms with E-state index in [0.717, 1.165) is 4.47 Å². The maximum atomic E-state index is 10.3. The topological polar surface area (TPSA) is 42.4 Å². The number of methoxy groups -OCH3 is 1. The highest BCUT2D eigenvalue weighted by Gasteiger charge is 2.17. The van der Waals surface area contributed by atoms with E-state index in [9.17, 15) is 5.11 Å². The summed E-state index contributed by atoms with van der Waals surface area (Å²) >= 11 is 9.48. The molecule has 0 spiro atoms. The molecule has 0 aliphatic carbocycles. The van der Waals surface area contributed by atoms with Crippen molar-refractivity contribution in [1.82, 2.24) is 4.98 Å². The first-order chi connectivity index (χ1) is 8.63. The molecule has 0 amide bonds. The highest BCUT2D eigenvalue weighted by atomic mass is 79.9. The Bertz CT molecular complexity index is 525. The van der Waals surface area contributed by atoms with E-state index >= 15 is 0 Å². The van der Waals surface area contributed by atoms with Crippen molar-refractivity contribution in [2.45, 2.75) is 6.10 Å². The molecule has 0 radical (unpaired) electrons. The van der Waals surface area contributed by atoms with Crippen molar-refractivity contribution in [2.75, 3.05) is 7.11 Å². The molecule has 1 unspecified atom stereocenters. The van der Waals surface area contributed by atoms with Crippen LogP contribution in [0.5, 0.6) is 5.88 Å². The van der Waals surface area contributed by atoms with Crippen LogP contribution in [0.2, 0.25) is 5.02 Å². The van der Waals surface area contributed by atoms with Crippen LogP contribution in [0.25, 0.3) is 0 Å². The van der Waals surface area contributed by atoms with Gasteiger partial charge in [0.15, 0.2) is 0 Å². The second-order valence-corrected chi connectivity index (χ2v) is 4.93. The highest BCUT2D eigenvalue weighted by Crippen LogP contribution is 2.34. The minimum atomic E-state index is -0.827. The molecule has 1 N–H and O–H groups in total. The van der Waals surface area contributed by atoms with Crippen molar-refractivity contribution >= 4 is 27.5 Å². The summed E-state index contributed by atoms with van der Waals surface area (Å²) in [5.74, 6) is 0.504. The van der Waals surface area contributed by atoms with E-state index in [1.165, 1.54) is 0 Å². The number of nitrogens with zero attached hydrogens (tertiary/aromatic N) is 1. The minimum absolute atomic E-state index is 0.504. The molecule has 0 bridgehead atoms. The zero-order valence-corrected chi connectivity index (χ0v) is 11.9. The maximum absolute atomic E-state index is 10.3. The monoisotopic (exact) mass is 327 g/mol. The third-order valence-corrected chi connectivity index (χ3v) is 3.58. The summed E-state index contributed by atoms with van der Waals surface area (Å²) in [5, 5.41) is 10.8. The summed E-state index contributed by atoms with van der Waals surface area (Å²) in [6.45, 7) is 0. The van der Waals surface area contributed by atoms with Gasteiger partial charge in [-0.25, -0.2) is 4.98 Å². The van der Waals surface area contributed by atoms with Crippen molar-refractivity contribution < 1.29 is 9.84 Å². The van der Waals surface area contributed by atoms with Gasteiger partial charge in [-0.2, -0.15) is 0 Å². The van der Waals surface area contributed by atoms with Crippen LogP contribution in [0.4, 0.5) is 0 Å². The summed E-state index contributed by atoms with van der Waals surface area (Å²) in [5.41, 5.74) is 1.29. The summed E-state index contributed by atoms with van der Waals surface area (Å²) in [7, 11) is 1.54. The molecule has 94 valence electrons. The Balaban J connectivity index is 2.38. The van der Waals surface area contributed by atoms with Gasteiger partial charge in [-0.3, -0.25) is 0 Å². The van der Waals surface area contributed by atoms with Gasteiger partial charge in [0.05, 0.1) is 7.11 Å². The fourth-order valence-electron chi connectivity index (χ4n) is 1.61. The number of hydrogen-bond donors (Lipinski definition) is 1. The van der Waals surface area contributed by atoms with Crippen molar-refractivity contribution in [3.8, 4) is 5.88 Å². The van der Waals surface area contributed by atoms with Gasteiger partial charge in [0.2, 0.25) is 5.88 Å². The molecular weight excluding hydrogens is 318 g/mol. The summed E-state index contributed by atoms with van der Waals surface area (Å²) in [6.07, 6.45) is 0.741. The molecule has 0 fully saturated rings. The molecular formula is C13H11BrClNO2. The molecule has 1 heterocycles. The van der Waals surface area contributed by atoms with Crippen LogP contribution < -0.4 is 4.74 Å². The molecule has 1 aromatic heterocycles. The van der Waals surface area contributed by atoms with Crippen molar-refractivity contribution in [3.63, 3.8) is 0 Å². The van der Waals surface area contributed by atoms with Gasteiger partial charge in [-0.15, -0.1) is 0 Å². The van der Waals surface area contributed by atoms with Crippen LogP contribution in [0, 0.1) is 0 Å². The van der Waals surface area contributed by atoms with Gasteiger partial charge in [0, 0.05) is 32.9 Å². The number of pyridine rings is 1. The summed E-state index contributed by atoms with van der Waals surface area (Å²) in [4.78, 5) is 4.06. The average molecular weight is 329 g/mol. The lowest BCUT2D eigenvalue weighted by atomic mass is 10.0. The lowest BCUT2D eigenvalue weighted by molar-refractivity contribution is 0.219. The first-order valence-electron chi connectivity index (χ1n) is 5.25. The Morgan fingerprint density at radius 3 is 2.67 bits per heavy atom. The van der Waals surface area contributed by atoms with E-state index in [-0.39, 0.29) is 0 Å². The van der Waals surface area contributed by atoms with Crippen molar-refractivity contribution in [1.29, 1.82) is 0 Å². The average Bonchev–Trinajstić information content (AvgIpc) is 2.38. The molecule has 0 aliphatic rings. The predicted molar refractivity (Wildman–Crippen MR) is 74.0 cm³/mol. The number of aliphatic hydroxyl groups is 1. The van der Waals surface area contributed by atoms with Gasteiger partial charge < -0.3 is 9.84 Å². The van der Waals surface area contributed by atoms with E-state index in [4.69, 9.17) is 16.3 Å². The molecule has 18 heavy (non-hydrogen) atoms. The largest absolute Gasteiger partial charge is 0.481 e. The third kappa shape index (κ3) is 2.66. The first kappa shape index (κ1) is 13.3. The van der Waals surface area contributed by atoms with Crippen LogP contribution >= 0.6 is 27.5 Å². The number of hydrogen-bond acceptors (Lipinski definition) is 3. The standard InChI is InChI=1S/C13H11BrClNO2/c1-18-11-6-5-8(7-16-11)13(17)12-9(14)3-2-4-10(12)15/h2-7,13,17H,1H3. The van der Waals surface area contributed by atoms with Crippen molar-refractivity contribution in [3.05, 3.63) is 57.2 Å². The Labute approximate surface area is 119 Å². The quantitative estimate of drug-likeness (QED) is 0.936. The second-order valence-electron chi connectivity index (χ2n) is 3.67. The zero-order valence-electron chi connectivity index (χ0n) is 9.60. The Morgan fingerprint density at radius 2 is 2.11 bits per heavy atom. The number of ether oxygens (including phenoxy) is 1. The van der Waals surface area contributed by atoms with E-state index < -0.39 is 6.10 Å². The van der Waals surface area contributed by atoms with Gasteiger partial charge in [0.25, 0.3) is 0 Å². The first-order valence-corrected chi connectivity index (χ1v) is 6.42. The fourth-order valence-corrected chi connectivity index (χ4v) is 2.59. The molecule has 1 atom stereocenters. The van der Waals surface area contributed by atoms with E-state index in [2.05, 4.69) is 20.9 Å². The van der Waals surface area contributed by atoms with Crippen LogP contribution in [0.3, 0.4) is 0 Å². The molecule has 0 saturated heterocycles. The smallest absolute Gasteiger partial charge is 0.212 e. The normalized spacial score (nSPS) is 12.2. The number of aromatic nitrogens is 1. The number of rotatable bonds is 3. The number of aliphatic hydroxyl groups excluding tert-OH is 1. The third-order valence-electron chi connectivity index (χ3n) is 2.56. The van der Waals surface area contributed by atoms with Crippen LogP contribution in [-0.2, 0) is 0 Å². The van der Waals surface area contributed by atoms with Crippen molar-refractivity contribution in [2.24, 2.45) is 0 Å². The molecule has 0 aliphatic heterocycles. The van der Waals surface area contributed by atoms with Crippen LogP contribution in [-0.4, -0.2) is 17.2 Å². The molecule has 5 heteroatoms. The van der Waals surface area contributed by atoms with Gasteiger partial charge in [-0.05, 0) is 18.2 Å². The lowest BCUT2D eigenvalue weighted by Gasteiger charge is -2.14. The minimum Gasteiger partial charge on any atom is -0.481 e. The zero-order chi connectivity index (χ0) is 13.1. The number of halogens is 2. The van der Waals surface area contributed by atoms with E-state index in [1.807, 2.05) is 12.1 Å². The lowest BCUT2D eigenvalue weighted by Crippen LogP contribution is -2.02. The molecule has 0 saturated carbocycles. The molecule has 2 aromatic rings. The summed E-state index contributed by atoms with van der Waals surface area (Å²) in [6, 6.07) is 8.84. The molecule has 2 rings (SSSR count). The van der Waals surface area contributed by atoms with Gasteiger partial charge in [0.1, 0.15) is 6.10 Å². The van der Waals surface area contributed by atoms with Gasteiger partial charge >= 0.3 is 0 Å². The molecule has 3 nitrogen and oxygen atoms in total. The Hall–Kier alpha value is -1.10. The highest BCUT2D eigenvalue weighted by molar-refractivity contribution is 9.10.